The highest BCUT2D eigenvalue weighted by molar-refractivity contribution is 6.30. The summed E-state index contributed by atoms with van der Waals surface area (Å²) in [7, 11) is 0. The van der Waals surface area contributed by atoms with E-state index in [2.05, 4.69) is 10.6 Å². The van der Waals surface area contributed by atoms with Gasteiger partial charge in [0.2, 0.25) is 0 Å². The molecule has 2 N–H and O–H groups in total. The summed E-state index contributed by atoms with van der Waals surface area (Å²) in [6.45, 7) is 0. The Morgan fingerprint density at radius 2 is 1.83 bits per heavy atom. The molecular weight excluding hydrogens is 328 g/mol. The van der Waals surface area contributed by atoms with E-state index >= 15 is 0 Å². The number of fused-ring (bicyclic) bond motifs is 1. The monoisotopic (exact) mass is 341 g/mol. The highest BCUT2D eigenvalue weighted by atomic mass is 35.5. The van der Waals surface area contributed by atoms with E-state index in [1.807, 2.05) is 24.3 Å². The summed E-state index contributed by atoms with van der Waals surface area (Å²) in [6, 6.07) is 12.7. The molecule has 0 aromatic heterocycles. The molecule has 0 spiro atoms. The van der Waals surface area contributed by atoms with Gasteiger partial charge >= 0.3 is 5.97 Å². The molecule has 1 aliphatic rings. The zero-order valence-corrected chi connectivity index (χ0v) is 13.3. The number of benzene rings is 2. The molecule has 3 rings (SSSR count). The first-order chi connectivity index (χ1) is 11.5. The van der Waals surface area contributed by atoms with E-state index in [1.165, 1.54) is 0 Å². The summed E-state index contributed by atoms with van der Waals surface area (Å²) in [4.78, 5) is 23.8. The quantitative estimate of drug-likeness (QED) is 0.876. The minimum absolute atomic E-state index is 0.162. The van der Waals surface area contributed by atoms with E-state index in [1.54, 1.807) is 30.5 Å². The number of nitrogens with zero attached hydrogens (tertiary/aromatic N) is 1. The summed E-state index contributed by atoms with van der Waals surface area (Å²) in [5.41, 5.74) is 2.84. The van der Waals surface area contributed by atoms with Crippen molar-refractivity contribution >= 4 is 34.7 Å². The van der Waals surface area contributed by atoms with Gasteiger partial charge in [0.25, 0.3) is 5.91 Å². The maximum absolute atomic E-state index is 12.2. The highest BCUT2D eigenvalue weighted by Crippen LogP contribution is 2.32. The Morgan fingerprint density at radius 1 is 1.12 bits per heavy atom. The number of carbonyl (C=O) groups is 2. The van der Waals surface area contributed by atoms with Crippen LogP contribution in [0.15, 0.2) is 54.7 Å². The molecule has 1 radical (unpaired) electrons. The Morgan fingerprint density at radius 3 is 2.54 bits per heavy atom. The molecule has 24 heavy (non-hydrogen) atoms. The molecule has 2 aromatic rings. The number of hydrogen-bond acceptors (Lipinski definition) is 2. The predicted molar refractivity (Wildman–Crippen MR) is 91.2 cm³/mol. The minimum atomic E-state index is -1.09. The number of carboxylic acids is 1. The number of aliphatic carboxylic acids is 1. The van der Waals surface area contributed by atoms with E-state index in [9.17, 15) is 14.7 Å². The number of para-hydroxylation sites is 1. The first kappa shape index (κ1) is 16.1. The molecule has 1 unspecified atom stereocenters. The summed E-state index contributed by atoms with van der Waals surface area (Å²) in [5, 5.41) is 16.7. The summed E-state index contributed by atoms with van der Waals surface area (Å²) >= 11 is 5.79. The molecule has 2 aromatic carbocycles. The van der Waals surface area contributed by atoms with Crippen LogP contribution in [0.2, 0.25) is 5.02 Å². The summed E-state index contributed by atoms with van der Waals surface area (Å²) in [5.74, 6) is -1.55. The molecule has 6 heteroatoms. The van der Waals surface area contributed by atoms with Crippen LogP contribution >= 0.6 is 11.6 Å². The van der Waals surface area contributed by atoms with Gasteiger partial charge in [-0.1, -0.05) is 29.8 Å². The zero-order chi connectivity index (χ0) is 17.1. The third-order valence-corrected chi connectivity index (χ3v) is 4.00. The number of rotatable bonds is 5. The summed E-state index contributed by atoms with van der Waals surface area (Å²) < 4.78 is 0. The molecule has 0 bridgehead atoms. The number of nitrogens with one attached hydrogen (secondary N) is 1. The lowest BCUT2D eigenvalue weighted by atomic mass is 10.00. The number of hydrogen-bond donors (Lipinski definition) is 2. The third-order valence-electron chi connectivity index (χ3n) is 3.74. The Labute approximate surface area is 144 Å². The van der Waals surface area contributed by atoms with Gasteiger partial charge in [0, 0.05) is 28.8 Å². The first-order valence-corrected chi connectivity index (χ1v) is 7.71. The largest absolute Gasteiger partial charge is 0.480 e. The van der Waals surface area contributed by atoms with E-state index in [-0.39, 0.29) is 6.42 Å². The predicted octanol–water partition coefficient (Wildman–Crippen LogP) is 3.20. The van der Waals surface area contributed by atoms with E-state index in [0.29, 0.717) is 10.6 Å². The lowest BCUT2D eigenvalue weighted by Crippen LogP contribution is -2.40. The van der Waals surface area contributed by atoms with Gasteiger partial charge < -0.3 is 10.4 Å². The number of halogens is 1. The maximum atomic E-state index is 12.2. The van der Waals surface area contributed by atoms with Crippen LogP contribution in [0.1, 0.15) is 22.3 Å². The Hall–Kier alpha value is -2.79. The van der Waals surface area contributed by atoms with Crippen molar-refractivity contribution in [1.82, 2.24) is 10.6 Å². The van der Waals surface area contributed by atoms with Crippen molar-refractivity contribution in [2.75, 3.05) is 0 Å². The molecule has 5 nitrogen and oxygen atoms in total. The fourth-order valence-corrected chi connectivity index (χ4v) is 2.63. The highest BCUT2D eigenvalue weighted by Gasteiger charge is 2.25. The van der Waals surface area contributed by atoms with Crippen molar-refractivity contribution in [2.45, 2.75) is 12.5 Å². The van der Waals surface area contributed by atoms with Crippen LogP contribution in [-0.4, -0.2) is 23.0 Å². The van der Waals surface area contributed by atoms with Crippen molar-refractivity contribution in [3.63, 3.8) is 0 Å². The maximum Gasteiger partial charge on any atom is 0.326 e. The average Bonchev–Trinajstić information content (AvgIpc) is 2.98. The SMILES string of the molecule is O=C(NC(CC1=C[N]c2ccccc21)C(=O)O)c1ccc(Cl)cc1. The molecule has 1 aliphatic heterocycles. The van der Waals surface area contributed by atoms with Crippen molar-refractivity contribution < 1.29 is 14.7 Å². The topological polar surface area (TPSA) is 80.5 Å². The van der Waals surface area contributed by atoms with Crippen molar-refractivity contribution in [1.29, 1.82) is 0 Å². The second-order valence-corrected chi connectivity index (χ2v) is 5.81. The van der Waals surface area contributed by atoms with E-state index in [0.717, 1.165) is 16.8 Å². The molecule has 0 aliphatic carbocycles. The normalized spacial score (nSPS) is 13.5. The number of carboxylic acid groups (broad SMARTS) is 1. The second kappa shape index (κ2) is 6.76. The molecule has 1 atom stereocenters. The molecule has 0 fully saturated rings. The zero-order valence-electron chi connectivity index (χ0n) is 12.6. The van der Waals surface area contributed by atoms with Gasteiger partial charge in [-0.25, -0.2) is 4.79 Å². The van der Waals surface area contributed by atoms with Crippen LogP contribution in [0, 0.1) is 0 Å². The molecule has 0 saturated carbocycles. The van der Waals surface area contributed by atoms with Gasteiger partial charge in [-0.05, 0) is 35.9 Å². The second-order valence-electron chi connectivity index (χ2n) is 5.38. The summed E-state index contributed by atoms with van der Waals surface area (Å²) in [6.07, 6.45) is 1.81. The Bertz CT molecular complexity index is 815. The van der Waals surface area contributed by atoms with Crippen LogP contribution in [-0.2, 0) is 4.79 Å². The van der Waals surface area contributed by atoms with Gasteiger partial charge in [0.1, 0.15) is 6.04 Å². The smallest absolute Gasteiger partial charge is 0.326 e. The van der Waals surface area contributed by atoms with Gasteiger partial charge in [0.05, 0.1) is 5.69 Å². The van der Waals surface area contributed by atoms with E-state index < -0.39 is 17.9 Å². The van der Waals surface area contributed by atoms with Gasteiger partial charge in [-0.3, -0.25) is 10.1 Å². The molecular formula is C18H14ClN2O3. The van der Waals surface area contributed by atoms with Crippen LogP contribution < -0.4 is 10.6 Å². The van der Waals surface area contributed by atoms with Gasteiger partial charge in [-0.15, -0.1) is 0 Å². The first-order valence-electron chi connectivity index (χ1n) is 7.33. The molecule has 1 heterocycles. The Kier molecular flexibility index (Phi) is 4.53. The van der Waals surface area contributed by atoms with Gasteiger partial charge in [0.15, 0.2) is 0 Å². The lowest BCUT2D eigenvalue weighted by molar-refractivity contribution is -0.139. The van der Waals surface area contributed by atoms with E-state index in [4.69, 9.17) is 11.6 Å². The number of amides is 1. The fraction of sp³-hybridized carbons (Fsp3) is 0.111. The molecule has 1 amide bonds. The van der Waals surface area contributed by atoms with Crippen molar-refractivity contribution in [2.24, 2.45) is 0 Å². The van der Waals surface area contributed by atoms with Crippen molar-refractivity contribution in [3.05, 3.63) is 70.9 Å². The Balaban J connectivity index is 1.73. The standard InChI is InChI=1S/C18H14ClN2O3/c19-13-7-5-11(6-8-13)17(22)21-16(18(23)24)9-12-10-20-15-4-2-1-3-14(12)15/h1-8,10,16H,9H2,(H,21,22)(H,23,24). The lowest BCUT2D eigenvalue weighted by Gasteiger charge is -2.15. The van der Waals surface area contributed by atoms with Crippen molar-refractivity contribution in [3.8, 4) is 0 Å². The van der Waals surface area contributed by atoms with Crippen LogP contribution in [0.3, 0.4) is 0 Å². The average molecular weight is 342 g/mol. The van der Waals surface area contributed by atoms with Crippen LogP contribution in [0.5, 0.6) is 0 Å². The molecule has 0 saturated heterocycles. The minimum Gasteiger partial charge on any atom is -0.480 e. The van der Waals surface area contributed by atoms with Crippen LogP contribution in [0.25, 0.3) is 5.57 Å². The van der Waals surface area contributed by atoms with Crippen LogP contribution in [0.4, 0.5) is 5.69 Å². The number of carbonyl (C=O) groups excluding carboxylic acids is 1. The van der Waals surface area contributed by atoms with Gasteiger partial charge in [-0.2, -0.15) is 0 Å². The third kappa shape index (κ3) is 3.41. The molecule has 121 valence electrons. The fourth-order valence-electron chi connectivity index (χ4n) is 2.50.